The number of hydrogen-bond acceptors (Lipinski definition) is 2. The van der Waals surface area contributed by atoms with Crippen LogP contribution in [0.25, 0.3) is 0 Å². The first-order valence-electron chi connectivity index (χ1n) is 4.60. The fourth-order valence-electron chi connectivity index (χ4n) is 1.83. The molecule has 0 spiro atoms. The maximum absolute atomic E-state index is 9.52. The number of hydrogen-bond donors (Lipinski definition) is 2. The normalized spacial score (nSPS) is 36.3. The second kappa shape index (κ2) is 4.63. The van der Waals surface area contributed by atoms with Crippen molar-refractivity contribution in [2.24, 2.45) is 17.6 Å². The zero-order chi connectivity index (χ0) is 8.97. The van der Waals surface area contributed by atoms with Gasteiger partial charge in [-0.05, 0) is 44.1 Å². The average molecular weight is 168 g/mol. The molecule has 0 bridgehead atoms. The lowest BCUT2D eigenvalue weighted by atomic mass is 9.78. The summed E-state index contributed by atoms with van der Waals surface area (Å²) in [5.74, 6) is 0.874. The van der Waals surface area contributed by atoms with Crippen LogP contribution >= 0.6 is 0 Å². The molecule has 2 heteroatoms. The molecule has 3 N–H and O–H groups in total. The van der Waals surface area contributed by atoms with Crippen molar-refractivity contribution in [3.05, 3.63) is 19.1 Å². The van der Waals surface area contributed by atoms with Gasteiger partial charge in [-0.25, -0.2) is 0 Å². The summed E-state index contributed by atoms with van der Waals surface area (Å²) in [6.45, 7) is 4.31. The van der Waals surface area contributed by atoms with Crippen LogP contribution in [0.3, 0.4) is 0 Å². The molecule has 1 radical (unpaired) electrons. The van der Waals surface area contributed by atoms with E-state index in [1.54, 1.807) is 0 Å². The number of aliphatic hydroxyl groups excluding tert-OH is 1. The molecule has 0 aliphatic heterocycles. The molecule has 1 aliphatic carbocycles. The van der Waals surface area contributed by atoms with Gasteiger partial charge in [0.25, 0.3) is 0 Å². The quantitative estimate of drug-likeness (QED) is 0.620. The summed E-state index contributed by atoms with van der Waals surface area (Å²) in [5.41, 5.74) is 5.55. The molecule has 3 atom stereocenters. The molecule has 1 aliphatic rings. The van der Waals surface area contributed by atoms with Crippen LogP contribution in [-0.2, 0) is 0 Å². The summed E-state index contributed by atoms with van der Waals surface area (Å²) in [4.78, 5) is 0. The SMILES string of the molecule is C=CCC1[CH]CC(O)C(CN)C1. The molecular formula is C10H18NO. The Kier molecular flexibility index (Phi) is 3.76. The van der Waals surface area contributed by atoms with E-state index in [-0.39, 0.29) is 6.10 Å². The highest BCUT2D eigenvalue weighted by Gasteiger charge is 2.27. The van der Waals surface area contributed by atoms with Crippen LogP contribution < -0.4 is 5.73 Å². The molecule has 2 nitrogen and oxygen atoms in total. The third-order valence-electron chi connectivity index (χ3n) is 2.63. The summed E-state index contributed by atoms with van der Waals surface area (Å²) >= 11 is 0. The number of nitrogens with two attached hydrogens (primary N) is 1. The molecule has 1 saturated carbocycles. The summed E-state index contributed by atoms with van der Waals surface area (Å²) in [5, 5.41) is 9.52. The summed E-state index contributed by atoms with van der Waals surface area (Å²) in [6, 6.07) is 0. The predicted octanol–water partition coefficient (Wildman–Crippen LogP) is 1.11. The van der Waals surface area contributed by atoms with Crippen molar-refractivity contribution in [3.63, 3.8) is 0 Å². The van der Waals surface area contributed by atoms with Crippen LogP contribution in [0, 0.1) is 18.3 Å². The largest absolute Gasteiger partial charge is 0.393 e. The van der Waals surface area contributed by atoms with Crippen molar-refractivity contribution in [2.75, 3.05) is 6.54 Å². The molecule has 1 rings (SSSR count). The molecule has 0 saturated heterocycles. The number of allylic oxidation sites excluding steroid dienone is 1. The van der Waals surface area contributed by atoms with E-state index in [9.17, 15) is 5.11 Å². The summed E-state index contributed by atoms with van der Waals surface area (Å²) < 4.78 is 0. The van der Waals surface area contributed by atoms with E-state index < -0.39 is 0 Å². The number of rotatable bonds is 3. The van der Waals surface area contributed by atoms with Crippen molar-refractivity contribution in [1.82, 2.24) is 0 Å². The molecule has 0 aromatic carbocycles. The lowest BCUT2D eigenvalue weighted by Gasteiger charge is -2.31. The monoisotopic (exact) mass is 168 g/mol. The van der Waals surface area contributed by atoms with Gasteiger partial charge in [0.15, 0.2) is 0 Å². The van der Waals surface area contributed by atoms with E-state index in [1.165, 1.54) is 0 Å². The minimum atomic E-state index is -0.212. The standard InChI is InChI=1S/C10H18NO/c1-2-3-8-4-5-10(12)9(6-8)7-11/h2,4,8-10,12H,1,3,5-7,11H2. The van der Waals surface area contributed by atoms with Gasteiger partial charge in [0.1, 0.15) is 0 Å². The van der Waals surface area contributed by atoms with Gasteiger partial charge in [-0.3, -0.25) is 0 Å². The van der Waals surface area contributed by atoms with Crippen LogP contribution in [0.5, 0.6) is 0 Å². The van der Waals surface area contributed by atoms with Gasteiger partial charge >= 0.3 is 0 Å². The Morgan fingerprint density at radius 1 is 1.67 bits per heavy atom. The second-order valence-electron chi connectivity index (χ2n) is 3.55. The van der Waals surface area contributed by atoms with Crippen molar-refractivity contribution in [2.45, 2.75) is 25.4 Å². The Morgan fingerprint density at radius 2 is 2.42 bits per heavy atom. The zero-order valence-corrected chi connectivity index (χ0v) is 7.45. The van der Waals surface area contributed by atoms with E-state index in [1.807, 2.05) is 6.08 Å². The van der Waals surface area contributed by atoms with Crippen LogP contribution in [0.15, 0.2) is 12.7 Å². The Morgan fingerprint density at radius 3 is 3.00 bits per heavy atom. The minimum Gasteiger partial charge on any atom is -0.393 e. The molecule has 3 unspecified atom stereocenters. The molecule has 0 heterocycles. The van der Waals surface area contributed by atoms with Gasteiger partial charge < -0.3 is 10.8 Å². The van der Waals surface area contributed by atoms with E-state index in [4.69, 9.17) is 5.73 Å². The first kappa shape index (κ1) is 9.75. The van der Waals surface area contributed by atoms with Gasteiger partial charge in [-0.2, -0.15) is 0 Å². The second-order valence-corrected chi connectivity index (χ2v) is 3.55. The summed E-state index contributed by atoms with van der Waals surface area (Å²) in [6.07, 6.45) is 6.74. The minimum absolute atomic E-state index is 0.212. The molecule has 69 valence electrons. The van der Waals surface area contributed by atoms with E-state index in [2.05, 4.69) is 13.0 Å². The third-order valence-corrected chi connectivity index (χ3v) is 2.63. The van der Waals surface area contributed by atoms with E-state index in [0.29, 0.717) is 18.4 Å². The highest BCUT2D eigenvalue weighted by atomic mass is 16.3. The van der Waals surface area contributed by atoms with Gasteiger partial charge in [-0.1, -0.05) is 6.08 Å². The van der Waals surface area contributed by atoms with E-state index in [0.717, 1.165) is 19.3 Å². The average Bonchev–Trinajstić information content (AvgIpc) is 2.09. The Bertz CT molecular complexity index is 147. The van der Waals surface area contributed by atoms with Gasteiger partial charge in [0.05, 0.1) is 6.10 Å². The Hall–Kier alpha value is -0.340. The Labute approximate surface area is 74.5 Å². The van der Waals surface area contributed by atoms with E-state index >= 15 is 0 Å². The van der Waals surface area contributed by atoms with Crippen LogP contribution in [0.1, 0.15) is 19.3 Å². The molecule has 0 aromatic heterocycles. The van der Waals surface area contributed by atoms with Crippen LogP contribution in [-0.4, -0.2) is 17.8 Å². The van der Waals surface area contributed by atoms with Crippen LogP contribution in [0.2, 0.25) is 0 Å². The highest BCUT2D eigenvalue weighted by molar-refractivity contribution is 4.93. The maximum atomic E-state index is 9.52. The fourth-order valence-corrected chi connectivity index (χ4v) is 1.83. The lowest BCUT2D eigenvalue weighted by molar-refractivity contribution is 0.0756. The van der Waals surface area contributed by atoms with Gasteiger partial charge in [-0.15, -0.1) is 6.58 Å². The topological polar surface area (TPSA) is 46.2 Å². The van der Waals surface area contributed by atoms with Gasteiger partial charge in [0.2, 0.25) is 0 Å². The molecular weight excluding hydrogens is 150 g/mol. The van der Waals surface area contributed by atoms with Gasteiger partial charge in [0, 0.05) is 0 Å². The van der Waals surface area contributed by atoms with Crippen molar-refractivity contribution >= 4 is 0 Å². The molecule has 12 heavy (non-hydrogen) atoms. The highest BCUT2D eigenvalue weighted by Crippen LogP contribution is 2.30. The maximum Gasteiger partial charge on any atom is 0.0583 e. The lowest BCUT2D eigenvalue weighted by Crippen LogP contribution is -2.34. The predicted molar refractivity (Wildman–Crippen MR) is 50.4 cm³/mol. The van der Waals surface area contributed by atoms with Crippen LogP contribution in [0.4, 0.5) is 0 Å². The zero-order valence-electron chi connectivity index (χ0n) is 7.45. The Balaban J connectivity index is 2.38. The summed E-state index contributed by atoms with van der Waals surface area (Å²) in [7, 11) is 0. The molecule has 0 amide bonds. The first-order valence-corrected chi connectivity index (χ1v) is 4.60. The first-order chi connectivity index (χ1) is 5.77. The fraction of sp³-hybridized carbons (Fsp3) is 0.700. The molecule has 0 aromatic rings. The van der Waals surface area contributed by atoms with Crippen molar-refractivity contribution in [1.29, 1.82) is 0 Å². The third kappa shape index (κ3) is 2.32. The number of aliphatic hydroxyl groups is 1. The molecule has 1 fully saturated rings. The van der Waals surface area contributed by atoms with Crippen molar-refractivity contribution < 1.29 is 5.11 Å². The smallest absolute Gasteiger partial charge is 0.0583 e. The van der Waals surface area contributed by atoms with Crippen molar-refractivity contribution in [3.8, 4) is 0 Å².